The summed E-state index contributed by atoms with van der Waals surface area (Å²) in [6.45, 7) is 5.22. The van der Waals surface area contributed by atoms with E-state index in [0.717, 1.165) is 50.0 Å². The highest BCUT2D eigenvalue weighted by Crippen LogP contribution is 2.20. The first-order valence-corrected chi connectivity index (χ1v) is 7.22. The highest BCUT2D eigenvalue weighted by Gasteiger charge is 2.10. The van der Waals surface area contributed by atoms with Crippen LogP contribution in [0.2, 0.25) is 0 Å². The zero-order valence-electron chi connectivity index (χ0n) is 11.9. The third-order valence-electron chi connectivity index (χ3n) is 3.44. The van der Waals surface area contributed by atoms with Gasteiger partial charge in [0.25, 0.3) is 0 Å². The Morgan fingerprint density at radius 2 is 1.90 bits per heavy atom. The molecule has 110 valence electrons. The lowest BCUT2D eigenvalue weighted by Crippen LogP contribution is -2.38. The normalized spacial score (nSPS) is 15.8. The lowest BCUT2D eigenvalue weighted by Gasteiger charge is -2.26. The maximum atomic E-state index is 5.83. The Kier molecular flexibility index (Phi) is 4.76. The summed E-state index contributed by atoms with van der Waals surface area (Å²) >= 11 is 0. The molecule has 1 aromatic heterocycles. The Balaban J connectivity index is 1.56. The lowest BCUT2D eigenvalue weighted by atomic mass is 10.2. The van der Waals surface area contributed by atoms with Crippen LogP contribution in [0.4, 0.5) is 0 Å². The standard InChI is InChI=1S/C16H19N3O2/c1-3-14(16-17-5-2-6-18-16)13-15(4-1)21-12-9-19-7-10-20-11-8-19/h1-6,13H,7-12H2. The molecule has 0 aliphatic carbocycles. The second-order valence-electron chi connectivity index (χ2n) is 4.90. The first-order chi connectivity index (χ1) is 10.4. The van der Waals surface area contributed by atoms with Gasteiger partial charge in [-0.2, -0.15) is 0 Å². The zero-order valence-corrected chi connectivity index (χ0v) is 11.9. The number of benzene rings is 1. The second kappa shape index (κ2) is 7.15. The Hall–Kier alpha value is -1.98. The summed E-state index contributed by atoms with van der Waals surface area (Å²) in [6, 6.07) is 9.71. The molecule has 1 saturated heterocycles. The number of nitrogens with zero attached hydrogens (tertiary/aromatic N) is 3. The Morgan fingerprint density at radius 3 is 2.71 bits per heavy atom. The van der Waals surface area contributed by atoms with E-state index in [4.69, 9.17) is 9.47 Å². The maximum Gasteiger partial charge on any atom is 0.159 e. The van der Waals surface area contributed by atoms with Crippen molar-refractivity contribution in [3.8, 4) is 17.1 Å². The van der Waals surface area contributed by atoms with E-state index < -0.39 is 0 Å². The van der Waals surface area contributed by atoms with Gasteiger partial charge in [0.2, 0.25) is 0 Å². The van der Waals surface area contributed by atoms with E-state index in [1.165, 1.54) is 0 Å². The van der Waals surface area contributed by atoms with E-state index in [2.05, 4.69) is 14.9 Å². The van der Waals surface area contributed by atoms with Gasteiger partial charge in [0, 0.05) is 37.6 Å². The van der Waals surface area contributed by atoms with Crippen LogP contribution in [0.15, 0.2) is 42.7 Å². The fourth-order valence-corrected chi connectivity index (χ4v) is 2.29. The van der Waals surface area contributed by atoms with Crippen molar-refractivity contribution >= 4 is 0 Å². The molecule has 1 fully saturated rings. The smallest absolute Gasteiger partial charge is 0.159 e. The van der Waals surface area contributed by atoms with E-state index in [-0.39, 0.29) is 0 Å². The van der Waals surface area contributed by atoms with E-state index in [9.17, 15) is 0 Å². The number of rotatable bonds is 5. The average Bonchev–Trinajstić information content (AvgIpc) is 2.57. The number of aromatic nitrogens is 2. The van der Waals surface area contributed by atoms with Crippen molar-refractivity contribution in [1.82, 2.24) is 14.9 Å². The van der Waals surface area contributed by atoms with Crippen LogP contribution in [-0.2, 0) is 4.74 Å². The number of morpholine rings is 1. The molecule has 21 heavy (non-hydrogen) atoms. The van der Waals surface area contributed by atoms with Gasteiger partial charge in [0.05, 0.1) is 13.2 Å². The van der Waals surface area contributed by atoms with Crippen molar-refractivity contribution in [3.05, 3.63) is 42.7 Å². The van der Waals surface area contributed by atoms with Gasteiger partial charge in [-0.05, 0) is 18.2 Å². The van der Waals surface area contributed by atoms with Crippen molar-refractivity contribution in [1.29, 1.82) is 0 Å². The van der Waals surface area contributed by atoms with Gasteiger partial charge < -0.3 is 9.47 Å². The topological polar surface area (TPSA) is 47.5 Å². The number of ether oxygens (including phenoxy) is 2. The molecule has 0 saturated carbocycles. The molecule has 0 spiro atoms. The molecule has 1 aliphatic rings. The maximum absolute atomic E-state index is 5.83. The van der Waals surface area contributed by atoms with Crippen LogP contribution in [0.1, 0.15) is 0 Å². The van der Waals surface area contributed by atoms with Gasteiger partial charge in [0.15, 0.2) is 5.82 Å². The summed E-state index contributed by atoms with van der Waals surface area (Å²) < 4.78 is 11.2. The largest absolute Gasteiger partial charge is 0.492 e. The minimum absolute atomic E-state index is 0.680. The summed E-state index contributed by atoms with van der Waals surface area (Å²) in [5, 5.41) is 0. The van der Waals surface area contributed by atoms with Crippen LogP contribution in [-0.4, -0.2) is 54.3 Å². The predicted molar refractivity (Wildman–Crippen MR) is 80.2 cm³/mol. The summed E-state index contributed by atoms with van der Waals surface area (Å²) in [4.78, 5) is 10.9. The van der Waals surface area contributed by atoms with Crippen LogP contribution < -0.4 is 4.74 Å². The van der Waals surface area contributed by atoms with Gasteiger partial charge >= 0.3 is 0 Å². The van der Waals surface area contributed by atoms with Crippen molar-refractivity contribution in [2.75, 3.05) is 39.5 Å². The fraction of sp³-hybridized carbons (Fsp3) is 0.375. The predicted octanol–water partition coefficient (Wildman–Crippen LogP) is 1.85. The zero-order chi connectivity index (χ0) is 14.3. The van der Waals surface area contributed by atoms with Crippen LogP contribution in [0.25, 0.3) is 11.4 Å². The van der Waals surface area contributed by atoms with Gasteiger partial charge in [-0.3, -0.25) is 4.90 Å². The van der Waals surface area contributed by atoms with Crippen LogP contribution in [0.3, 0.4) is 0 Å². The van der Waals surface area contributed by atoms with E-state index >= 15 is 0 Å². The lowest BCUT2D eigenvalue weighted by molar-refractivity contribution is 0.0322. The molecule has 3 rings (SSSR count). The molecule has 0 unspecified atom stereocenters. The second-order valence-corrected chi connectivity index (χ2v) is 4.90. The highest BCUT2D eigenvalue weighted by atomic mass is 16.5. The molecule has 0 radical (unpaired) electrons. The Morgan fingerprint density at radius 1 is 1.10 bits per heavy atom. The summed E-state index contributed by atoms with van der Waals surface area (Å²) in [7, 11) is 0. The first-order valence-electron chi connectivity index (χ1n) is 7.22. The van der Waals surface area contributed by atoms with Gasteiger partial charge in [-0.15, -0.1) is 0 Å². The van der Waals surface area contributed by atoms with Crippen molar-refractivity contribution < 1.29 is 9.47 Å². The third-order valence-corrected chi connectivity index (χ3v) is 3.44. The molecule has 0 atom stereocenters. The van der Waals surface area contributed by atoms with Gasteiger partial charge in [-0.1, -0.05) is 12.1 Å². The molecule has 0 amide bonds. The Bertz CT molecular complexity index is 556. The van der Waals surface area contributed by atoms with Crippen LogP contribution in [0, 0.1) is 0 Å². The van der Waals surface area contributed by atoms with Gasteiger partial charge in [0.1, 0.15) is 12.4 Å². The summed E-state index contributed by atoms with van der Waals surface area (Å²) in [5.41, 5.74) is 0.972. The van der Waals surface area contributed by atoms with Crippen molar-refractivity contribution in [3.63, 3.8) is 0 Å². The number of hydrogen-bond donors (Lipinski definition) is 0. The molecule has 5 heteroatoms. The highest BCUT2D eigenvalue weighted by molar-refractivity contribution is 5.56. The SMILES string of the molecule is c1cnc(-c2cccc(OCCN3CCOCC3)c2)nc1. The van der Waals surface area contributed by atoms with Crippen molar-refractivity contribution in [2.24, 2.45) is 0 Å². The fourth-order valence-electron chi connectivity index (χ4n) is 2.29. The minimum atomic E-state index is 0.680. The minimum Gasteiger partial charge on any atom is -0.492 e. The monoisotopic (exact) mass is 285 g/mol. The Labute approximate surface area is 124 Å². The third kappa shape index (κ3) is 4.00. The van der Waals surface area contributed by atoms with E-state index in [1.807, 2.05) is 30.3 Å². The molecule has 2 aromatic rings. The average molecular weight is 285 g/mol. The molecule has 5 nitrogen and oxygen atoms in total. The van der Waals surface area contributed by atoms with Gasteiger partial charge in [-0.25, -0.2) is 9.97 Å². The molecular weight excluding hydrogens is 266 g/mol. The molecule has 0 bridgehead atoms. The first kappa shape index (κ1) is 14.0. The quantitative estimate of drug-likeness (QED) is 0.839. The molecule has 1 aromatic carbocycles. The molecule has 0 N–H and O–H groups in total. The molecular formula is C16H19N3O2. The molecule has 1 aliphatic heterocycles. The summed E-state index contributed by atoms with van der Waals surface area (Å²) in [5.74, 6) is 1.57. The van der Waals surface area contributed by atoms with E-state index in [0.29, 0.717) is 6.61 Å². The summed E-state index contributed by atoms with van der Waals surface area (Å²) in [6.07, 6.45) is 3.49. The van der Waals surface area contributed by atoms with Crippen LogP contribution in [0.5, 0.6) is 5.75 Å². The van der Waals surface area contributed by atoms with Crippen LogP contribution >= 0.6 is 0 Å². The van der Waals surface area contributed by atoms with Crippen molar-refractivity contribution in [2.45, 2.75) is 0 Å². The molecule has 2 heterocycles. The number of hydrogen-bond acceptors (Lipinski definition) is 5. The van der Waals surface area contributed by atoms with E-state index in [1.54, 1.807) is 12.4 Å².